The number of esters is 1. The Morgan fingerprint density at radius 1 is 1.29 bits per heavy atom. The number of nitriles is 1. The highest BCUT2D eigenvalue weighted by atomic mass is 35.5. The molecule has 34 heavy (non-hydrogen) atoms. The fourth-order valence-electron chi connectivity index (χ4n) is 4.19. The summed E-state index contributed by atoms with van der Waals surface area (Å²) >= 11 is 12.7. The Morgan fingerprint density at radius 2 is 1.97 bits per heavy atom. The number of ether oxygens (including phenoxy) is 2. The SMILES string of the molecule is COC(=O)C(C/C=C/c1ccc(C2(C#N)CCOCC2)cc1)NC(=O)C1=C(Cl)C=CCC1(C)Cl. The molecule has 0 aromatic heterocycles. The van der Waals surface area contributed by atoms with Crippen LogP contribution in [0.25, 0.3) is 6.08 Å². The third-order valence-electron chi connectivity index (χ3n) is 6.25. The summed E-state index contributed by atoms with van der Waals surface area (Å²) in [6, 6.07) is 9.36. The molecule has 1 saturated heterocycles. The fraction of sp³-hybridized carbons (Fsp3) is 0.423. The summed E-state index contributed by atoms with van der Waals surface area (Å²) in [6.07, 6.45) is 9.12. The third-order valence-corrected chi connectivity index (χ3v) is 6.91. The van der Waals surface area contributed by atoms with E-state index in [9.17, 15) is 14.9 Å². The minimum atomic E-state index is -0.959. The average molecular weight is 503 g/mol. The van der Waals surface area contributed by atoms with E-state index < -0.39 is 28.2 Å². The predicted molar refractivity (Wildman–Crippen MR) is 132 cm³/mol. The Labute approximate surface area is 210 Å². The van der Waals surface area contributed by atoms with Gasteiger partial charge in [0.25, 0.3) is 5.91 Å². The molecule has 2 aliphatic rings. The van der Waals surface area contributed by atoms with Crippen LogP contribution in [0.3, 0.4) is 0 Å². The van der Waals surface area contributed by atoms with E-state index >= 15 is 0 Å². The van der Waals surface area contributed by atoms with Gasteiger partial charge in [-0.05, 0) is 49.8 Å². The van der Waals surface area contributed by atoms with Crippen LogP contribution in [0.2, 0.25) is 0 Å². The van der Waals surface area contributed by atoms with Crippen LogP contribution in [0.4, 0.5) is 0 Å². The molecule has 0 radical (unpaired) electrons. The number of benzene rings is 1. The summed E-state index contributed by atoms with van der Waals surface area (Å²) in [5.41, 5.74) is 1.61. The normalized spacial score (nSPS) is 22.8. The van der Waals surface area contributed by atoms with Gasteiger partial charge in [0.1, 0.15) is 6.04 Å². The minimum Gasteiger partial charge on any atom is -0.467 e. The van der Waals surface area contributed by atoms with Crippen molar-refractivity contribution in [2.45, 2.75) is 48.9 Å². The largest absolute Gasteiger partial charge is 0.467 e. The first-order chi connectivity index (χ1) is 16.2. The van der Waals surface area contributed by atoms with Crippen molar-refractivity contribution in [3.05, 3.63) is 64.2 Å². The van der Waals surface area contributed by atoms with Gasteiger partial charge in [-0.25, -0.2) is 4.79 Å². The van der Waals surface area contributed by atoms with Crippen molar-refractivity contribution in [3.8, 4) is 6.07 Å². The number of amides is 1. The summed E-state index contributed by atoms with van der Waals surface area (Å²) < 4.78 is 10.3. The second kappa shape index (κ2) is 11.2. The summed E-state index contributed by atoms with van der Waals surface area (Å²) in [5.74, 6) is -1.07. The first-order valence-corrected chi connectivity index (χ1v) is 11.9. The van der Waals surface area contributed by atoms with Gasteiger partial charge in [0, 0.05) is 13.2 Å². The van der Waals surface area contributed by atoms with E-state index in [4.69, 9.17) is 32.7 Å². The van der Waals surface area contributed by atoms with Crippen molar-refractivity contribution >= 4 is 41.2 Å². The monoisotopic (exact) mass is 502 g/mol. The van der Waals surface area contributed by atoms with Gasteiger partial charge in [-0.1, -0.05) is 54.1 Å². The molecule has 1 heterocycles. The van der Waals surface area contributed by atoms with E-state index in [1.807, 2.05) is 30.3 Å². The lowest BCUT2D eigenvalue weighted by molar-refractivity contribution is -0.144. The van der Waals surface area contributed by atoms with Crippen LogP contribution in [0.1, 0.15) is 43.7 Å². The van der Waals surface area contributed by atoms with Crippen LogP contribution < -0.4 is 5.32 Å². The number of halogens is 2. The van der Waals surface area contributed by atoms with Crippen LogP contribution >= 0.6 is 23.2 Å². The molecule has 0 spiro atoms. The van der Waals surface area contributed by atoms with Gasteiger partial charge in [-0.2, -0.15) is 5.26 Å². The van der Waals surface area contributed by atoms with Crippen LogP contribution in [-0.2, 0) is 24.5 Å². The lowest BCUT2D eigenvalue weighted by atomic mass is 9.75. The predicted octanol–water partition coefficient (Wildman–Crippen LogP) is 4.77. The number of alkyl halides is 1. The number of hydrogen-bond donors (Lipinski definition) is 1. The molecule has 2 unspecified atom stereocenters. The molecule has 180 valence electrons. The second-order valence-corrected chi connectivity index (χ2v) is 9.88. The maximum atomic E-state index is 12.9. The number of nitrogens with one attached hydrogen (secondary N) is 1. The number of hydrogen-bond acceptors (Lipinski definition) is 5. The van der Waals surface area contributed by atoms with Gasteiger partial charge < -0.3 is 14.8 Å². The molecule has 0 bridgehead atoms. The molecule has 1 aliphatic carbocycles. The van der Waals surface area contributed by atoms with Gasteiger partial charge in [0.15, 0.2) is 0 Å². The zero-order valence-electron chi connectivity index (χ0n) is 19.3. The van der Waals surface area contributed by atoms with E-state index in [0.717, 1.165) is 11.1 Å². The smallest absolute Gasteiger partial charge is 0.328 e. The van der Waals surface area contributed by atoms with Crippen molar-refractivity contribution < 1.29 is 19.1 Å². The summed E-state index contributed by atoms with van der Waals surface area (Å²) in [4.78, 5) is 24.2. The van der Waals surface area contributed by atoms with Crippen molar-refractivity contribution in [2.24, 2.45) is 0 Å². The third kappa shape index (κ3) is 5.90. The highest BCUT2D eigenvalue weighted by Gasteiger charge is 2.36. The van der Waals surface area contributed by atoms with Crippen LogP contribution in [0.5, 0.6) is 0 Å². The maximum absolute atomic E-state index is 12.9. The van der Waals surface area contributed by atoms with Gasteiger partial charge in [0.05, 0.1) is 34.1 Å². The van der Waals surface area contributed by atoms with E-state index in [1.54, 1.807) is 25.2 Å². The molecule has 2 atom stereocenters. The Balaban J connectivity index is 1.69. The van der Waals surface area contributed by atoms with E-state index in [2.05, 4.69) is 11.4 Å². The molecule has 1 fully saturated rings. The first-order valence-electron chi connectivity index (χ1n) is 11.1. The van der Waals surface area contributed by atoms with Crippen molar-refractivity contribution in [3.63, 3.8) is 0 Å². The molecular weight excluding hydrogens is 475 g/mol. The molecule has 1 amide bonds. The Morgan fingerprint density at radius 3 is 2.56 bits per heavy atom. The van der Waals surface area contributed by atoms with Gasteiger partial charge in [-0.3, -0.25) is 4.79 Å². The summed E-state index contributed by atoms with van der Waals surface area (Å²) in [6.45, 7) is 2.87. The second-order valence-electron chi connectivity index (χ2n) is 8.64. The molecular formula is C26H28Cl2N2O4. The number of methoxy groups -OCH3 is 1. The lowest BCUT2D eigenvalue weighted by Crippen LogP contribution is -2.45. The van der Waals surface area contributed by atoms with Crippen molar-refractivity contribution in [1.29, 1.82) is 5.26 Å². The molecule has 8 heteroatoms. The fourth-order valence-corrected chi connectivity index (χ4v) is 4.90. The molecule has 3 rings (SSSR count). The zero-order valence-corrected chi connectivity index (χ0v) is 20.8. The first kappa shape index (κ1) is 26.0. The van der Waals surface area contributed by atoms with Crippen LogP contribution in [0.15, 0.2) is 53.1 Å². The van der Waals surface area contributed by atoms with Gasteiger partial charge >= 0.3 is 5.97 Å². The molecule has 1 aromatic rings. The summed E-state index contributed by atoms with van der Waals surface area (Å²) in [7, 11) is 1.27. The number of rotatable bonds is 7. The summed E-state index contributed by atoms with van der Waals surface area (Å²) in [5, 5.41) is 12.7. The van der Waals surface area contributed by atoms with Crippen molar-refractivity contribution in [1.82, 2.24) is 5.32 Å². The van der Waals surface area contributed by atoms with E-state index in [-0.39, 0.29) is 17.0 Å². The molecule has 6 nitrogen and oxygen atoms in total. The van der Waals surface area contributed by atoms with Crippen LogP contribution in [0, 0.1) is 11.3 Å². The Hall–Kier alpha value is -2.59. The average Bonchev–Trinajstić information content (AvgIpc) is 2.83. The molecule has 0 saturated carbocycles. The van der Waals surface area contributed by atoms with Crippen LogP contribution in [-0.4, -0.2) is 43.1 Å². The zero-order chi connectivity index (χ0) is 24.8. The highest BCUT2D eigenvalue weighted by Crippen LogP contribution is 2.37. The number of carbonyl (C=O) groups excluding carboxylic acids is 2. The van der Waals surface area contributed by atoms with Gasteiger partial charge in [-0.15, -0.1) is 11.6 Å². The molecule has 1 N–H and O–H groups in total. The number of nitrogens with zero attached hydrogens (tertiary/aromatic N) is 1. The standard InChI is InChI=1S/C26H28Cl2N2O4/c1-25(28)12-4-6-20(27)22(25)23(31)30-21(24(32)33-2)7-3-5-18-8-10-19(11-9-18)26(17-29)13-15-34-16-14-26/h3-6,8-11,21H,7,12-16H2,1-2H3,(H,30,31)/b5-3+. The molecule has 1 aliphatic heterocycles. The Kier molecular flexibility index (Phi) is 8.59. The van der Waals surface area contributed by atoms with Crippen molar-refractivity contribution in [2.75, 3.05) is 20.3 Å². The number of allylic oxidation sites excluding steroid dienone is 3. The minimum absolute atomic E-state index is 0.222. The Bertz CT molecular complexity index is 1050. The van der Waals surface area contributed by atoms with E-state index in [0.29, 0.717) is 32.5 Å². The van der Waals surface area contributed by atoms with Gasteiger partial charge in [0.2, 0.25) is 0 Å². The topological polar surface area (TPSA) is 88.4 Å². The van der Waals surface area contributed by atoms with E-state index in [1.165, 1.54) is 7.11 Å². The molecule has 1 aromatic carbocycles. The number of carbonyl (C=O) groups is 2. The highest BCUT2D eigenvalue weighted by molar-refractivity contribution is 6.37. The lowest BCUT2D eigenvalue weighted by Gasteiger charge is -2.31. The maximum Gasteiger partial charge on any atom is 0.328 e. The quantitative estimate of drug-likeness (QED) is 0.428.